The van der Waals surface area contributed by atoms with Gasteiger partial charge >= 0.3 is 0 Å². The second-order valence-electron chi connectivity index (χ2n) is 6.41. The average Bonchev–Trinajstić information content (AvgIpc) is 2.61. The highest BCUT2D eigenvalue weighted by Crippen LogP contribution is 2.44. The molecule has 0 N–H and O–H groups in total. The first-order valence-corrected chi connectivity index (χ1v) is 8.42. The standard InChI is InChI=1S/C19H23NO5/c1-4-5-17(22)20-8-6-19(7-9-20)12-14(21)18-15(24-3)10-13(23-2)11-16(18)25-19/h4-5,10-11H,6-9,12H2,1-3H3/b5-4+. The van der Waals surface area contributed by atoms with E-state index in [0.29, 0.717) is 55.2 Å². The van der Waals surface area contributed by atoms with E-state index in [-0.39, 0.29) is 11.7 Å². The molecule has 1 saturated heterocycles. The third kappa shape index (κ3) is 3.21. The van der Waals surface area contributed by atoms with E-state index in [4.69, 9.17) is 14.2 Å². The lowest BCUT2D eigenvalue weighted by atomic mass is 9.82. The van der Waals surface area contributed by atoms with Crippen LogP contribution in [0.5, 0.6) is 17.2 Å². The van der Waals surface area contributed by atoms with Crippen molar-refractivity contribution in [2.24, 2.45) is 0 Å². The topological polar surface area (TPSA) is 65.1 Å². The predicted molar refractivity (Wildman–Crippen MR) is 92.5 cm³/mol. The Morgan fingerprint density at radius 2 is 1.96 bits per heavy atom. The molecule has 0 saturated carbocycles. The number of ether oxygens (including phenoxy) is 3. The number of likely N-dealkylation sites (tertiary alicyclic amines) is 1. The largest absolute Gasteiger partial charge is 0.496 e. The van der Waals surface area contributed by atoms with Crippen LogP contribution < -0.4 is 14.2 Å². The number of methoxy groups -OCH3 is 2. The Morgan fingerprint density at radius 1 is 1.24 bits per heavy atom. The van der Waals surface area contributed by atoms with Gasteiger partial charge in [0, 0.05) is 38.1 Å². The number of hydrogen-bond donors (Lipinski definition) is 0. The molecule has 0 radical (unpaired) electrons. The summed E-state index contributed by atoms with van der Waals surface area (Å²) in [4.78, 5) is 26.6. The smallest absolute Gasteiger partial charge is 0.246 e. The molecule has 1 fully saturated rings. The molecule has 6 heteroatoms. The Bertz CT molecular complexity index is 717. The minimum atomic E-state index is -0.561. The van der Waals surface area contributed by atoms with Crippen LogP contribution in [0.25, 0.3) is 0 Å². The molecule has 134 valence electrons. The van der Waals surface area contributed by atoms with E-state index in [1.54, 1.807) is 36.3 Å². The van der Waals surface area contributed by atoms with Gasteiger partial charge < -0.3 is 19.1 Å². The van der Waals surface area contributed by atoms with Crippen molar-refractivity contribution in [1.29, 1.82) is 0 Å². The van der Waals surface area contributed by atoms with Crippen LogP contribution in [0.4, 0.5) is 0 Å². The maximum atomic E-state index is 12.8. The quantitative estimate of drug-likeness (QED) is 0.788. The van der Waals surface area contributed by atoms with Gasteiger partial charge in [-0.2, -0.15) is 0 Å². The summed E-state index contributed by atoms with van der Waals surface area (Å²) in [6.07, 6.45) is 4.86. The second-order valence-corrected chi connectivity index (χ2v) is 6.41. The second kappa shape index (κ2) is 6.78. The van der Waals surface area contributed by atoms with E-state index >= 15 is 0 Å². The Kier molecular flexibility index (Phi) is 4.70. The molecule has 25 heavy (non-hydrogen) atoms. The van der Waals surface area contributed by atoms with Gasteiger partial charge in [-0.25, -0.2) is 0 Å². The molecule has 0 aliphatic carbocycles. The average molecular weight is 345 g/mol. The number of amides is 1. The normalized spacial score (nSPS) is 18.8. The minimum absolute atomic E-state index is 0.00299. The number of hydrogen-bond acceptors (Lipinski definition) is 5. The first kappa shape index (κ1) is 17.3. The summed E-state index contributed by atoms with van der Waals surface area (Å²) in [7, 11) is 3.09. The number of ketones is 1. The molecule has 1 aromatic rings. The van der Waals surface area contributed by atoms with Gasteiger partial charge in [0.05, 0.1) is 20.6 Å². The van der Waals surface area contributed by atoms with Crippen molar-refractivity contribution >= 4 is 11.7 Å². The number of carbonyl (C=O) groups excluding carboxylic acids is 2. The molecule has 2 heterocycles. The van der Waals surface area contributed by atoms with E-state index in [0.717, 1.165) is 0 Å². The minimum Gasteiger partial charge on any atom is -0.496 e. The first-order valence-electron chi connectivity index (χ1n) is 8.42. The highest BCUT2D eigenvalue weighted by Gasteiger charge is 2.44. The Balaban J connectivity index is 1.84. The molecular weight excluding hydrogens is 322 g/mol. The summed E-state index contributed by atoms with van der Waals surface area (Å²) >= 11 is 0. The van der Waals surface area contributed by atoms with E-state index in [9.17, 15) is 9.59 Å². The lowest BCUT2D eigenvalue weighted by molar-refractivity contribution is -0.129. The summed E-state index contributed by atoms with van der Waals surface area (Å²) in [5, 5.41) is 0. The molecule has 2 aliphatic heterocycles. The lowest BCUT2D eigenvalue weighted by Gasteiger charge is -2.44. The summed E-state index contributed by atoms with van der Waals surface area (Å²) < 4.78 is 16.9. The fraction of sp³-hybridized carbons (Fsp3) is 0.474. The highest BCUT2D eigenvalue weighted by molar-refractivity contribution is 6.03. The number of fused-ring (bicyclic) bond motifs is 1. The van der Waals surface area contributed by atoms with Crippen molar-refractivity contribution in [2.75, 3.05) is 27.3 Å². The maximum absolute atomic E-state index is 12.8. The number of carbonyl (C=O) groups is 2. The zero-order chi connectivity index (χ0) is 18.0. The van der Waals surface area contributed by atoms with E-state index < -0.39 is 5.60 Å². The van der Waals surface area contributed by atoms with Crippen molar-refractivity contribution in [3.05, 3.63) is 29.8 Å². The van der Waals surface area contributed by atoms with Crippen molar-refractivity contribution in [3.8, 4) is 17.2 Å². The fourth-order valence-corrected chi connectivity index (χ4v) is 3.51. The summed E-state index contributed by atoms with van der Waals surface area (Å²) in [5.41, 5.74) is -0.0879. The summed E-state index contributed by atoms with van der Waals surface area (Å²) in [5.74, 6) is 1.56. The van der Waals surface area contributed by atoms with Gasteiger partial charge in [0.2, 0.25) is 5.91 Å². The van der Waals surface area contributed by atoms with E-state index in [2.05, 4.69) is 0 Å². The molecule has 0 aromatic heterocycles. The maximum Gasteiger partial charge on any atom is 0.246 e. The first-order chi connectivity index (χ1) is 12.0. The lowest BCUT2D eigenvalue weighted by Crippen LogP contribution is -2.52. The van der Waals surface area contributed by atoms with Crippen LogP contribution in [0.15, 0.2) is 24.3 Å². The number of nitrogens with zero attached hydrogens (tertiary/aromatic N) is 1. The molecule has 1 aromatic carbocycles. The zero-order valence-electron chi connectivity index (χ0n) is 14.8. The van der Waals surface area contributed by atoms with Crippen molar-refractivity contribution in [2.45, 2.75) is 31.8 Å². The van der Waals surface area contributed by atoms with Gasteiger partial charge in [0.1, 0.15) is 28.4 Å². The molecular formula is C19H23NO5. The molecule has 0 unspecified atom stereocenters. The van der Waals surface area contributed by atoms with Crippen LogP contribution in [-0.4, -0.2) is 49.5 Å². The van der Waals surface area contributed by atoms with Crippen LogP contribution >= 0.6 is 0 Å². The van der Waals surface area contributed by atoms with Gasteiger partial charge in [-0.05, 0) is 13.0 Å². The highest BCUT2D eigenvalue weighted by atomic mass is 16.5. The predicted octanol–water partition coefficient (Wildman–Crippen LogP) is 2.61. The fourth-order valence-electron chi connectivity index (χ4n) is 3.51. The molecule has 6 nitrogen and oxygen atoms in total. The molecule has 2 aliphatic rings. The number of benzene rings is 1. The number of Topliss-reactive ketones (excluding diaryl/α,β-unsaturated/α-hetero) is 1. The monoisotopic (exact) mass is 345 g/mol. The number of allylic oxidation sites excluding steroid dienone is 1. The van der Waals surface area contributed by atoms with Crippen molar-refractivity contribution < 1.29 is 23.8 Å². The van der Waals surface area contributed by atoms with Crippen LogP contribution in [0.1, 0.15) is 36.5 Å². The van der Waals surface area contributed by atoms with Crippen LogP contribution in [0.3, 0.4) is 0 Å². The Hall–Kier alpha value is -2.50. The summed E-state index contributed by atoms with van der Waals surface area (Å²) in [6, 6.07) is 3.42. The molecule has 0 bridgehead atoms. The zero-order valence-corrected chi connectivity index (χ0v) is 14.8. The third-order valence-electron chi connectivity index (χ3n) is 4.88. The van der Waals surface area contributed by atoms with Gasteiger partial charge in [-0.3, -0.25) is 9.59 Å². The van der Waals surface area contributed by atoms with E-state index in [1.165, 1.54) is 7.11 Å². The Morgan fingerprint density at radius 3 is 2.56 bits per heavy atom. The van der Waals surface area contributed by atoms with Gasteiger partial charge in [0.25, 0.3) is 0 Å². The van der Waals surface area contributed by atoms with Crippen molar-refractivity contribution in [1.82, 2.24) is 4.90 Å². The van der Waals surface area contributed by atoms with Crippen molar-refractivity contribution in [3.63, 3.8) is 0 Å². The van der Waals surface area contributed by atoms with Gasteiger partial charge in [-0.1, -0.05) is 6.08 Å². The molecule has 0 atom stereocenters. The molecule has 1 spiro atoms. The van der Waals surface area contributed by atoms with Crippen LogP contribution in [0, 0.1) is 0 Å². The third-order valence-corrected chi connectivity index (χ3v) is 4.88. The Labute approximate surface area is 147 Å². The van der Waals surface area contributed by atoms with Crippen LogP contribution in [0.2, 0.25) is 0 Å². The van der Waals surface area contributed by atoms with Gasteiger partial charge in [-0.15, -0.1) is 0 Å². The SMILES string of the molecule is C/C=C/C(=O)N1CCC2(CC1)CC(=O)c1c(OC)cc(OC)cc1O2. The molecule has 1 amide bonds. The van der Waals surface area contributed by atoms with Crippen LogP contribution in [-0.2, 0) is 4.79 Å². The number of rotatable bonds is 3. The molecule has 3 rings (SSSR count). The van der Waals surface area contributed by atoms with Gasteiger partial charge in [0.15, 0.2) is 5.78 Å². The number of piperidine rings is 1. The van der Waals surface area contributed by atoms with E-state index in [1.807, 2.05) is 6.92 Å². The summed E-state index contributed by atoms with van der Waals surface area (Å²) in [6.45, 7) is 2.98.